The van der Waals surface area contributed by atoms with Crippen LogP contribution in [0, 0.1) is 0 Å². The van der Waals surface area contributed by atoms with E-state index < -0.39 is 0 Å². The summed E-state index contributed by atoms with van der Waals surface area (Å²) < 4.78 is 0. The number of nitrogens with one attached hydrogen (secondary N) is 3. The fraction of sp³-hybridized carbons (Fsp3) is 0.176. The third-order valence-electron chi connectivity index (χ3n) is 2.88. The van der Waals surface area contributed by atoms with Crippen LogP contribution in [0.1, 0.15) is 24.2 Å². The van der Waals surface area contributed by atoms with Gasteiger partial charge in [-0.1, -0.05) is 30.3 Å². The standard InChI is InChI=1S/C17H19N3O2/c1-12(2)18-17(22)20-15-11-7-6-10-14(15)19-16(21)13-8-4-3-5-9-13/h3-12H,1-2H3,(H,19,21)(H2,18,20,22). The number of carbonyl (C=O) groups excluding carboxylic acids is 2. The van der Waals surface area contributed by atoms with Crippen LogP contribution in [0.2, 0.25) is 0 Å². The molecular formula is C17H19N3O2. The third kappa shape index (κ3) is 4.34. The van der Waals surface area contributed by atoms with Gasteiger partial charge in [-0.25, -0.2) is 4.79 Å². The molecule has 0 aromatic heterocycles. The van der Waals surface area contributed by atoms with Gasteiger partial charge in [-0.05, 0) is 38.1 Å². The summed E-state index contributed by atoms with van der Waals surface area (Å²) in [6.07, 6.45) is 0. The van der Waals surface area contributed by atoms with E-state index in [-0.39, 0.29) is 18.0 Å². The van der Waals surface area contributed by atoms with Gasteiger partial charge in [0.25, 0.3) is 5.91 Å². The number of rotatable bonds is 4. The predicted octanol–water partition coefficient (Wildman–Crippen LogP) is 3.47. The van der Waals surface area contributed by atoms with Gasteiger partial charge in [0, 0.05) is 11.6 Å². The minimum atomic E-state index is -0.309. The first-order chi connectivity index (χ1) is 10.6. The molecule has 0 saturated heterocycles. The van der Waals surface area contributed by atoms with Crippen molar-refractivity contribution in [3.05, 3.63) is 60.2 Å². The molecule has 0 radical (unpaired) electrons. The van der Waals surface area contributed by atoms with Crippen molar-refractivity contribution in [1.82, 2.24) is 5.32 Å². The zero-order valence-electron chi connectivity index (χ0n) is 12.6. The summed E-state index contributed by atoms with van der Waals surface area (Å²) in [5.74, 6) is -0.223. The Balaban J connectivity index is 2.11. The largest absolute Gasteiger partial charge is 0.336 e. The highest BCUT2D eigenvalue weighted by molar-refractivity contribution is 6.07. The van der Waals surface area contributed by atoms with Crippen molar-refractivity contribution in [2.24, 2.45) is 0 Å². The molecule has 0 fully saturated rings. The molecule has 22 heavy (non-hydrogen) atoms. The maximum absolute atomic E-state index is 12.2. The zero-order chi connectivity index (χ0) is 15.9. The number of carbonyl (C=O) groups is 2. The van der Waals surface area contributed by atoms with Crippen LogP contribution in [-0.4, -0.2) is 18.0 Å². The van der Waals surface area contributed by atoms with Gasteiger partial charge >= 0.3 is 6.03 Å². The first-order valence-corrected chi connectivity index (χ1v) is 7.09. The molecule has 0 aliphatic heterocycles. The third-order valence-corrected chi connectivity index (χ3v) is 2.88. The van der Waals surface area contributed by atoms with Crippen molar-refractivity contribution >= 4 is 23.3 Å². The SMILES string of the molecule is CC(C)NC(=O)Nc1ccccc1NC(=O)c1ccccc1. The Labute approximate surface area is 129 Å². The highest BCUT2D eigenvalue weighted by atomic mass is 16.2. The molecule has 0 unspecified atom stereocenters. The van der Waals surface area contributed by atoms with Gasteiger partial charge in [-0.15, -0.1) is 0 Å². The molecular weight excluding hydrogens is 278 g/mol. The van der Waals surface area contributed by atoms with Gasteiger partial charge < -0.3 is 16.0 Å². The van der Waals surface area contributed by atoms with Crippen LogP contribution in [-0.2, 0) is 0 Å². The summed E-state index contributed by atoms with van der Waals surface area (Å²) in [5.41, 5.74) is 1.66. The fourth-order valence-corrected chi connectivity index (χ4v) is 1.91. The number of anilines is 2. The van der Waals surface area contributed by atoms with Crippen molar-refractivity contribution in [2.45, 2.75) is 19.9 Å². The van der Waals surface area contributed by atoms with Crippen molar-refractivity contribution in [3.8, 4) is 0 Å². The highest BCUT2D eigenvalue weighted by Gasteiger charge is 2.10. The molecule has 0 bridgehead atoms. The fourth-order valence-electron chi connectivity index (χ4n) is 1.91. The quantitative estimate of drug-likeness (QED) is 0.808. The topological polar surface area (TPSA) is 70.2 Å². The van der Waals surface area contributed by atoms with E-state index in [1.165, 1.54) is 0 Å². The smallest absolute Gasteiger partial charge is 0.319 e. The number of urea groups is 1. The van der Waals surface area contributed by atoms with E-state index in [1.54, 1.807) is 48.5 Å². The van der Waals surface area contributed by atoms with E-state index in [0.717, 1.165) is 0 Å². The summed E-state index contributed by atoms with van der Waals surface area (Å²) in [6, 6.07) is 15.7. The van der Waals surface area contributed by atoms with Crippen molar-refractivity contribution < 1.29 is 9.59 Å². The Morgan fingerprint density at radius 2 is 1.36 bits per heavy atom. The van der Waals surface area contributed by atoms with Crippen molar-refractivity contribution in [3.63, 3.8) is 0 Å². The molecule has 114 valence electrons. The van der Waals surface area contributed by atoms with E-state index in [2.05, 4.69) is 16.0 Å². The van der Waals surface area contributed by atoms with Crippen LogP contribution in [0.25, 0.3) is 0 Å². The number of hydrogen-bond donors (Lipinski definition) is 3. The van der Waals surface area contributed by atoms with Gasteiger partial charge in [-0.2, -0.15) is 0 Å². The summed E-state index contributed by atoms with van der Waals surface area (Å²) in [6.45, 7) is 3.76. The van der Waals surface area contributed by atoms with Gasteiger partial charge in [0.15, 0.2) is 0 Å². The molecule has 3 amide bonds. The van der Waals surface area contributed by atoms with Crippen LogP contribution >= 0.6 is 0 Å². The Morgan fingerprint density at radius 3 is 1.95 bits per heavy atom. The van der Waals surface area contributed by atoms with Crippen LogP contribution < -0.4 is 16.0 Å². The molecule has 0 aliphatic carbocycles. The molecule has 0 spiro atoms. The molecule has 0 atom stereocenters. The summed E-state index contributed by atoms with van der Waals surface area (Å²) in [5, 5.41) is 8.28. The van der Waals surface area contributed by atoms with E-state index in [1.807, 2.05) is 19.9 Å². The number of amides is 3. The summed E-state index contributed by atoms with van der Waals surface area (Å²) in [4.78, 5) is 24.0. The Morgan fingerprint density at radius 1 is 0.818 bits per heavy atom. The molecule has 5 heteroatoms. The predicted molar refractivity (Wildman–Crippen MR) is 88.1 cm³/mol. The molecule has 0 heterocycles. The Bertz CT molecular complexity index is 654. The van der Waals surface area contributed by atoms with Crippen molar-refractivity contribution in [1.29, 1.82) is 0 Å². The summed E-state index contributed by atoms with van der Waals surface area (Å²) in [7, 11) is 0. The maximum atomic E-state index is 12.2. The Kier molecular flexibility index (Phi) is 5.14. The molecule has 3 N–H and O–H groups in total. The van der Waals surface area contributed by atoms with E-state index in [4.69, 9.17) is 0 Å². The molecule has 2 rings (SSSR count). The van der Waals surface area contributed by atoms with E-state index >= 15 is 0 Å². The highest BCUT2D eigenvalue weighted by Crippen LogP contribution is 2.21. The Hall–Kier alpha value is -2.82. The van der Waals surface area contributed by atoms with Crippen LogP contribution in [0.5, 0.6) is 0 Å². The second-order valence-electron chi connectivity index (χ2n) is 5.12. The lowest BCUT2D eigenvalue weighted by atomic mass is 10.2. The number of para-hydroxylation sites is 2. The molecule has 2 aromatic carbocycles. The maximum Gasteiger partial charge on any atom is 0.319 e. The normalized spacial score (nSPS) is 10.1. The van der Waals surface area contributed by atoms with Gasteiger partial charge in [0.05, 0.1) is 11.4 Å². The van der Waals surface area contributed by atoms with Crippen molar-refractivity contribution in [2.75, 3.05) is 10.6 Å². The molecule has 0 saturated carbocycles. The second-order valence-corrected chi connectivity index (χ2v) is 5.12. The molecule has 2 aromatic rings. The summed E-state index contributed by atoms with van der Waals surface area (Å²) >= 11 is 0. The lowest BCUT2D eigenvalue weighted by Crippen LogP contribution is -2.34. The first-order valence-electron chi connectivity index (χ1n) is 7.09. The number of benzene rings is 2. The molecule has 0 aliphatic rings. The van der Waals surface area contributed by atoms with Gasteiger partial charge in [0.2, 0.25) is 0 Å². The average Bonchev–Trinajstić information content (AvgIpc) is 2.49. The van der Waals surface area contributed by atoms with Gasteiger partial charge in [0.1, 0.15) is 0 Å². The minimum Gasteiger partial charge on any atom is -0.336 e. The molecule has 5 nitrogen and oxygen atoms in total. The van der Waals surface area contributed by atoms with E-state index in [0.29, 0.717) is 16.9 Å². The average molecular weight is 297 g/mol. The van der Waals surface area contributed by atoms with Gasteiger partial charge in [-0.3, -0.25) is 4.79 Å². The minimum absolute atomic E-state index is 0.0334. The lowest BCUT2D eigenvalue weighted by molar-refractivity contribution is 0.102. The number of hydrogen-bond acceptors (Lipinski definition) is 2. The van der Waals surface area contributed by atoms with Crippen LogP contribution in [0.15, 0.2) is 54.6 Å². The monoisotopic (exact) mass is 297 g/mol. The lowest BCUT2D eigenvalue weighted by Gasteiger charge is -2.14. The zero-order valence-corrected chi connectivity index (χ0v) is 12.6. The first kappa shape index (κ1) is 15.6. The van der Waals surface area contributed by atoms with E-state index in [9.17, 15) is 9.59 Å². The van der Waals surface area contributed by atoms with Crippen LogP contribution in [0.4, 0.5) is 16.2 Å². The van der Waals surface area contributed by atoms with Crippen LogP contribution in [0.3, 0.4) is 0 Å². The second kappa shape index (κ2) is 7.26.